The molecule has 1 fully saturated rings. The fourth-order valence-electron chi connectivity index (χ4n) is 4.98. The van der Waals surface area contributed by atoms with Gasteiger partial charge in [-0.3, -0.25) is 18.7 Å². The largest absolute Gasteiger partial charge is 0.766 e. The number of likely N-dealkylation sites (tertiary alicyclic amines) is 1. The minimum atomic E-state index is -4.99. The van der Waals surface area contributed by atoms with E-state index >= 15 is 0 Å². The Morgan fingerprint density at radius 2 is 1.62 bits per heavy atom. The Kier molecular flexibility index (Phi) is 9.94. The molecule has 1 unspecified atom stereocenters. The summed E-state index contributed by atoms with van der Waals surface area (Å²) in [7, 11) is 0. The predicted molar refractivity (Wildman–Crippen MR) is 131 cm³/mol. The number of rotatable bonds is 8. The number of benzene rings is 1. The number of amides is 2. The average molecular weight is 599 g/mol. The van der Waals surface area contributed by atoms with Gasteiger partial charge in [0.15, 0.2) is 5.09 Å². The lowest BCUT2D eigenvalue weighted by Gasteiger charge is -2.42. The summed E-state index contributed by atoms with van der Waals surface area (Å²) in [5, 5.41) is 2.21. The summed E-state index contributed by atoms with van der Waals surface area (Å²) in [5.74, 6) is -0.761. The van der Waals surface area contributed by atoms with Crippen LogP contribution < -0.4 is 5.32 Å². The van der Waals surface area contributed by atoms with E-state index in [1.807, 2.05) is 18.7 Å². The van der Waals surface area contributed by atoms with Crippen LogP contribution in [0.4, 0.5) is 26.3 Å². The first-order valence-electron chi connectivity index (χ1n) is 12.5. The summed E-state index contributed by atoms with van der Waals surface area (Å²) >= 11 is -2.62. The Bertz CT molecular complexity index is 1110. The molecule has 2 aliphatic heterocycles. The van der Waals surface area contributed by atoms with Crippen LogP contribution in [-0.4, -0.2) is 63.2 Å². The predicted octanol–water partition coefficient (Wildman–Crippen LogP) is 4.01. The van der Waals surface area contributed by atoms with Crippen molar-refractivity contribution >= 4 is 22.9 Å². The lowest BCUT2D eigenvalue weighted by atomic mass is 9.72. The van der Waals surface area contributed by atoms with Crippen LogP contribution >= 0.6 is 0 Å². The Balaban J connectivity index is 1.68. The minimum absolute atomic E-state index is 0.0273. The molecule has 3 rings (SSSR count). The van der Waals surface area contributed by atoms with Crippen LogP contribution in [0.5, 0.6) is 0 Å². The Morgan fingerprint density at radius 3 is 2.12 bits per heavy atom. The van der Waals surface area contributed by atoms with E-state index in [1.165, 1.54) is 4.90 Å². The summed E-state index contributed by atoms with van der Waals surface area (Å²) in [5.41, 5.74) is -4.15. The summed E-state index contributed by atoms with van der Waals surface area (Å²) in [6.45, 7) is 4.13. The maximum absolute atomic E-state index is 13.3. The van der Waals surface area contributed by atoms with Crippen molar-refractivity contribution in [2.75, 3.05) is 32.8 Å². The fraction of sp³-hybridized carbons (Fsp3) is 0.600. The number of piperidine rings is 1. The van der Waals surface area contributed by atoms with Crippen LogP contribution in [0.1, 0.15) is 49.8 Å². The molecule has 1 N–H and O–H groups in total. The third-order valence-electron chi connectivity index (χ3n) is 6.88. The molecule has 15 heteroatoms. The lowest BCUT2D eigenvalue weighted by molar-refractivity contribution is -0.143. The number of halogens is 6. The number of hydrogen-bond acceptors (Lipinski definition) is 6. The van der Waals surface area contributed by atoms with E-state index in [1.54, 1.807) is 0 Å². The smallest absolute Gasteiger partial charge is 0.416 e. The minimum Gasteiger partial charge on any atom is -0.766 e. The van der Waals surface area contributed by atoms with Gasteiger partial charge in [-0.05, 0) is 62.0 Å². The van der Waals surface area contributed by atoms with Crippen molar-refractivity contribution in [1.82, 2.24) is 15.1 Å². The summed E-state index contributed by atoms with van der Waals surface area (Å²) < 4.78 is 106. The molecule has 224 valence electrons. The monoisotopic (exact) mass is 598 g/mol. The van der Waals surface area contributed by atoms with E-state index in [4.69, 9.17) is 4.74 Å². The molecule has 0 spiro atoms. The van der Waals surface area contributed by atoms with Crippen molar-refractivity contribution in [3.05, 3.63) is 46.2 Å². The first kappa shape index (κ1) is 31.9. The molecule has 0 saturated carbocycles. The summed E-state index contributed by atoms with van der Waals surface area (Å²) in [6.07, 6.45) is -7.80. The Morgan fingerprint density at radius 1 is 1.05 bits per heavy atom. The zero-order valence-electron chi connectivity index (χ0n) is 21.9. The number of nitrogens with one attached hydrogen (secondary N) is 1. The van der Waals surface area contributed by atoms with E-state index in [0.29, 0.717) is 44.5 Å². The van der Waals surface area contributed by atoms with E-state index in [9.17, 15) is 44.7 Å². The molecule has 0 aliphatic carbocycles. The molecule has 0 aromatic heterocycles. The summed E-state index contributed by atoms with van der Waals surface area (Å²) in [6, 6.07) is 1.22. The molecule has 8 nitrogen and oxygen atoms in total. The Labute approximate surface area is 230 Å². The highest BCUT2D eigenvalue weighted by Crippen LogP contribution is 2.39. The van der Waals surface area contributed by atoms with Gasteiger partial charge < -0.3 is 19.5 Å². The second-order valence-electron chi connectivity index (χ2n) is 10.4. The number of nitrogens with zero attached hydrogens (tertiary/aromatic N) is 2. The van der Waals surface area contributed by atoms with E-state index in [2.05, 4.69) is 5.32 Å². The van der Waals surface area contributed by atoms with Crippen molar-refractivity contribution in [3.63, 3.8) is 0 Å². The van der Waals surface area contributed by atoms with Gasteiger partial charge in [0.05, 0.1) is 35.8 Å². The van der Waals surface area contributed by atoms with Gasteiger partial charge in [-0.2, -0.15) is 26.3 Å². The van der Waals surface area contributed by atoms with Crippen LogP contribution in [-0.2, 0) is 44.3 Å². The molecular weight excluding hydrogens is 568 g/mol. The first-order valence-corrected chi connectivity index (χ1v) is 13.6. The van der Waals surface area contributed by atoms with Crippen LogP contribution in [0.25, 0.3) is 0 Å². The van der Waals surface area contributed by atoms with Gasteiger partial charge in [-0.25, -0.2) is 0 Å². The second-order valence-corrected chi connectivity index (χ2v) is 11.2. The topological polar surface area (TPSA) is 102 Å². The molecule has 2 amide bonds. The van der Waals surface area contributed by atoms with Gasteiger partial charge in [0, 0.05) is 17.6 Å². The molecule has 1 saturated heterocycles. The standard InChI is InChI=1S/C25H31F6N3O5S/c1-16(2)12-23(3-5-33(6-4-23)14-20(35)34-7-8-39-21(15-34)40(37)38)22(36)32-13-17-9-18(24(26,27)28)11-19(10-17)25(29,30)31/h9-11,15-16H,3-8,12-14H2,1-2H3,(H,32,36)(H,37,38)/p-1. The molecule has 0 radical (unpaired) electrons. The van der Waals surface area contributed by atoms with Crippen molar-refractivity contribution < 1.29 is 49.4 Å². The van der Waals surface area contributed by atoms with Crippen LogP contribution in [0.3, 0.4) is 0 Å². The Hall–Kier alpha value is -2.65. The number of ether oxygens (including phenoxy) is 1. The number of carbonyl (C=O) groups is 2. The van der Waals surface area contributed by atoms with Crippen molar-refractivity contribution in [3.8, 4) is 0 Å². The molecule has 1 aromatic carbocycles. The van der Waals surface area contributed by atoms with E-state index < -0.39 is 52.4 Å². The number of carbonyl (C=O) groups excluding carboxylic acids is 2. The first-order chi connectivity index (χ1) is 18.5. The molecule has 2 aliphatic rings. The number of alkyl halides is 6. The highest BCUT2D eigenvalue weighted by Gasteiger charge is 2.42. The quantitative estimate of drug-likeness (QED) is 0.359. The lowest BCUT2D eigenvalue weighted by Crippen LogP contribution is -2.51. The second kappa shape index (κ2) is 12.5. The third kappa shape index (κ3) is 8.19. The van der Waals surface area contributed by atoms with Crippen molar-refractivity contribution in [2.45, 2.75) is 52.0 Å². The van der Waals surface area contributed by atoms with Crippen LogP contribution in [0.15, 0.2) is 29.5 Å². The zero-order chi connectivity index (χ0) is 29.9. The maximum atomic E-state index is 13.3. The highest BCUT2D eigenvalue weighted by atomic mass is 32.2. The molecular formula is C25H30F6N3O5S-. The van der Waals surface area contributed by atoms with E-state index in [-0.39, 0.29) is 48.2 Å². The number of hydrogen-bond donors (Lipinski definition) is 1. The van der Waals surface area contributed by atoms with Gasteiger partial charge in [0.2, 0.25) is 11.8 Å². The normalized spacial score (nSPS) is 19.1. The molecule has 0 bridgehead atoms. The van der Waals surface area contributed by atoms with Crippen molar-refractivity contribution in [1.29, 1.82) is 0 Å². The molecule has 40 heavy (non-hydrogen) atoms. The fourth-order valence-corrected chi connectivity index (χ4v) is 5.37. The van der Waals surface area contributed by atoms with Crippen LogP contribution in [0.2, 0.25) is 0 Å². The highest BCUT2D eigenvalue weighted by molar-refractivity contribution is 7.83. The van der Waals surface area contributed by atoms with Gasteiger partial charge in [-0.15, -0.1) is 0 Å². The zero-order valence-corrected chi connectivity index (χ0v) is 22.7. The SMILES string of the molecule is CC(C)CC1(C(=O)NCc2cc(C(F)(F)F)cc(C(F)(F)F)c2)CCN(CC(=O)N2C=C(S(=O)[O-])OCC2)CC1. The summed E-state index contributed by atoms with van der Waals surface area (Å²) in [4.78, 5) is 29.1. The maximum Gasteiger partial charge on any atom is 0.416 e. The van der Waals surface area contributed by atoms with Gasteiger partial charge in [-0.1, -0.05) is 13.8 Å². The molecule has 1 atom stereocenters. The van der Waals surface area contributed by atoms with Gasteiger partial charge >= 0.3 is 12.4 Å². The van der Waals surface area contributed by atoms with Crippen molar-refractivity contribution in [2.24, 2.45) is 11.3 Å². The van der Waals surface area contributed by atoms with Crippen LogP contribution in [0, 0.1) is 11.3 Å². The van der Waals surface area contributed by atoms with Gasteiger partial charge in [0.25, 0.3) is 0 Å². The molecule has 2 heterocycles. The average Bonchev–Trinajstić information content (AvgIpc) is 2.87. The molecule has 1 aromatic rings. The van der Waals surface area contributed by atoms with E-state index in [0.717, 1.165) is 6.20 Å². The van der Waals surface area contributed by atoms with Gasteiger partial charge in [0.1, 0.15) is 6.61 Å². The third-order valence-corrected chi connectivity index (χ3v) is 7.43.